The van der Waals surface area contributed by atoms with Crippen LogP contribution >= 0.6 is 11.3 Å². The highest BCUT2D eigenvalue weighted by Crippen LogP contribution is 2.39. The van der Waals surface area contributed by atoms with Gasteiger partial charge in [0, 0.05) is 16.6 Å². The quantitative estimate of drug-likeness (QED) is 0.494. The van der Waals surface area contributed by atoms with Crippen molar-refractivity contribution in [2.45, 2.75) is 84.3 Å². The molecular weight excluding hydrogens is 442 g/mol. The molecule has 0 saturated heterocycles. The number of fused-ring (bicyclic) bond motifs is 3. The van der Waals surface area contributed by atoms with E-state index in [0.717, 1.165) is 60.3 Å². The summed E-state index contributed by atoms with van der Waals surface area (Å²) in [7, 11) is 0. The van der Waals surface area contributed by atoms with Gasteiger partial charge in [-0.25, -0.2) is 0 Å². The number of carbonyl (C=O) groups is 2. The van der Waals surface area contributed by atoms with Gasteiger partial charge in [-0.15, -0.1) is 11.3 Å². The summed E-state index contributed by atoms with van der Waals surface area (Å²) in [5.74, 6) is 0.556. The zero-order valence-corrected chi connectivity index (χ0v) is 21.5. The zero-order valence-electron chi connectivity index (χ0n) is 20.7. The van der Waals surface area contributed by atoms with Gasteiger partial charge in [0.15, 0.2) is 0 Å². The molecule has 1 aliphatic heterocycles. The summed E-state index contributed by atoms with van der Waals surface area (Å²) in [6.07, 6.45) is 6.19. The van der Waals surface area contributed by atoms with Gasteiger partial charge in [0.2, 0.25) is 5.91 Å². The number of amides is 2. The minimum absolute atomic E-state index is 0.0570. The van der Waals surface area contributed by atoms with Crippen LogP contribution in [0.25, 0.3) is 10.2 Å². The molecule has 6 heteroatoms. The predicted octanol–water partition coefficient (Wildman–Crippen LogP) is 5.94. The van der Waals surface area contributed by atoms with Crippen molar-refractivity contribution in [2.24, 2.45) is 5.92 Å². The van der Waals surface area contributed by atoms with Gasteiger partial charge >= 0.3 is 0 Å². The summed E-state index contributed by atoms with van der Waals surface area (Å²) >= 11 is 1.74. The lowest BCUT2D eigenvalue weighted by Gasteiger charge is -2.45. The average molecular weight is 478 g/mol. The van der Waals surface area contributed by atoms with E-state index in [-0.39, 0.29) is 17.9 Å². The highest BCUT2D eigenvalue weighted by molar-refractivity contribution is 7.19. The second kappa shape index (κ2) is 8.88. The van der Waals surface area contributed by atoms with Crippen LogP contribution in [0.5, 0.6) is 0 Å². The van der Waals surface area contributed by atoms with Gasteiger partial charge in [-0.3, -0.25) is 14.5 Å². The molecule has 2 aliphatic rings. The largest absolute Gasteiger partial charge is 0.351 e. The number of anilines is 1. The summed E-state index contributed by atoms with van der Waals surface area (Å²) in [5.41, 5.74) is 2.71. The number of nitrogens with zero attached hydrogens (tertiary/aromatic N) is 2. The van der Waals surface area contributed by atoms with Crippen molar-refractivity contribution in [1.82, 2.24) is 9.88 Å². The van der Waals surface area contributed by atoms with E-state index in [1.807, 2.05) is 25.1 Å². The van der Waals surface area contributed by atoms with Gasteiger partial charge in [-0.1, -0.05) is 32.9 Å². The van der Waals surface area contributed by atoms with Gasteiger partial charge in [0.05, 0.1) is 16.8 Å². The Hall–Kier alpha value is -2.60. The lowest BCUT2D eigenvalue weighted by atomic mass is 9.86. The first-order chi connectivity index (χ1) is 16.3. The highest BCUT2D eigenvalue weighted by Gasteiger charge is 2.49. The Bertz CT molecular complexity index is 1220. The second-order valence-corrected chi connectivity index (χ2v) is 11.5. The Morgan fingerprint density at radius 2 is 1.79 bits per heavy atom. The molecule has 0 radical (unpaired) electrons. The van der Waals surface area contributed by atoms with E-state index in [9.17, 15) is 9.59 Å². The minimum atomic E-state index is -1.01. The molecule has 3 heterocycles. The molecule has 1 atom stereocenters. The van der Waals surface area contributed by atoms with Crippen molar-refractivity contribution in [1.29, 1.82) is 0 Å². The first-order valence-corrected chi connectivity index (χ1v) is 13.5. The van der Waals surface area contributed by atoms with Crippen LogP contribution in [-0.2, 0) is 24.2 Å². The molecule has 0 spiro atoms. The molecule has 1 N–H and O–H groups in total. The fourth-order valence-electron chi connectivity index (χ4n) is 5.53. The molecule has 2 amide bonds. The van der Waals surface area contributed by atoms with Gasteiger partial charge < -0.3 is 9.88 Å². The van der Waals surface area contributed by atoms with E-state index in [2.05, 4.69) is 48.9 Å². The number of thiophene rings is 1. The molecule has 5 rings (SSSR count). The van der Waals surface area contributed by atoms with Crippen LogP contribution in [0.2, 0.25) is 0 Å². The number of rotatable bonds is 5. The Kier molecular flexibility index (Phi) is 6.05. The monoisotopic (exact) mass is 477 g/mol. The van der Waals surface area contributed by atoms with Crippen LogP contribution in [0.4, 0.5) is 5.69 Å². The number of hydrogen-bond acceptors (Lipinski definition) is 3. The molecular formula is C28H35N3O2S. The number of aromatic nitrogens is 1. The first kappa shape index (κ1) is 23.2. The summed E-state index contributed by atoms with van der Waals surface area (Å²) in [6.45, 7) is 8.93. The molecule has 0 bridgehead atoms. The average Bonchev–Trinajstić information content (AvgIpc) is 3.39. The molecule has 1 unspecified atom stereocenters. The zero-order chi connectivity index (χ0) is 24.0. The normalized spacial score (nSPS) is 24.9. The number of hydrogen-bond donors (Lipinski definition) is 1. The number of benzene rings is 1. The van der Waals surface area contributed by atoms with Crippen molar-refractivity contribution < 1.29 is 9.59 Å². The fraction of sp³-hybridized carbons (Fsp3) is 0.500. The lowest BCUT2D eigenvalue weighted by molar-refractivity contribution is -0.127. The first-order valence-electron chi connectivity index (χ1n) is 12.7. The predicted molar refractivity (Wildman–Crippen MR) is 140 cm³/mol. The molecule has 2 aromatic heterocycles. The molecule has 1 aliphatic carbocycles. The maximum atomic E-state index is 14.0. The third-order valence-corrected chi connectivity index (χ3v) is 9.03. The lowest BCUT2D eigenvalue weighted by Crippen LogP contribution is -2.65. The van der Waals surface area contributed by atoms with E-state index in [1.54, 1.807) is 16.2 Å². The van der Waals surface area contributed by atoms with E-state index >= 15 is 0 Å². The topological polar surface area (TPSA) is 54.3 Å². The Morgan fingerprint density at radius 1 is 1.09 bits per heavy atom. The number of aryl methyl sites for hydroxylation is 2. The highest BCUT2D eigenvalue weighted by atomic mass is 32.1. The molecule has 5 nitrogen and oxygen atoms in total. The van der Waals surface area contributed by atoms with E-state index in [4.69, 9.17) is 0 Å². The maximum Gasteiger partial charge on any atom is 0.275 e. The van der Waals surface area contributed by atoms with Crippen LogP contribution in [0.15, 0.2) is 36.4 Å². The van der Waals surface area contributed by atoms with Crippen LogP contribution in [0.3, 0.4) is 0 Å². The summed E-state index contributed by atoms with van der Waals surface area (Å²) in [6, 6.07) is 12.5. The van der Waals surface area contributed by atoms with Crippen molar-refractivity contribution in [3.8, 4) is 0 Å². The third kappa shape index (κ3) is 3.86. The van der Waals surface area contributed by atoms with E-state index < -0.39 is 5.54 Å². The smallest absolute Gasteiger partial charge is 0.275 e. The van der Waals surface area contributed by atoms with Crippen LogP contribution in [0, 0.1) is 5.92 Å². The van der Waals surface area contributed by atoms with Crippen molar-refractivity contribution >= 4 is 39.1 Å². The molecule has 3 aromatic rings. The Labute approximate surface area is 206 Å². The Balaban J connectivity index is 1.56. The van der Waals surface area contributed by atoms with Crippen molar-refractivity contribution in [2.75, 3.05) is 4.90 Å². The standard InChI is InChI=1S/C28H35N3O2S/c1-5-19-9-13-21(14-10-19)31-26(32)24-16-25-23(15-22(6-2)34-25)30(24)17-28(31,4)27(33)29-20-11-7-18(3)8-12-20/h9-10,13-16,18,20H,5-8,11-12,17H2,1-4H3,(H,29,33). The molecule has 1 saturated carbocycles. The molecule has 1 aromatic carbocycles. The van der Waals surface area contributed by atoms with Crippen molar-refractivity contribution in [3.05, 3.63) is 52.5 Å². The minimum Gasteiger partial charge on any atom is -0.351 e. The van der Waals surface area contributed by atoms with Crippen LogP contribution in [-0.4, -0.2) is 28.0 Å². The van der Waals surface area contributed by atoms with Crippen LogP contribution in [0.1, 0.15) is 74.3 Å². The Morgan fingerprint density at radius 3 is 2.44 bits per heavy atom. The van der Waals surface area contributed by atoms with Gasteiger partial charge in [0.25, 0.3) is 5.91 Å². The SMILES string of the molecule is CCc1ccc(N2C(=O)c3cc4sc(CC)cc4n3CC2(C)C(=O)NC2CCC(C)CC2)cc1. The van der Waals surface area contributed by atoms with E-state index in [0.29, 0.717) is 12.2 Å². The van der Waals surface area contributed by atoms with Crippen LogP contribution < -0.4 is 10.2 Å². The van der Waals surface area contributed by atoms with E-state index in [1.165, 1.54) is 10.4 Å². The number of carbonyl (C=O) groups excluding carboxylic acids is 2. The summed E-state index contributed by atoms with van der Waals surface area (Å²) in [5, 5.41) is 3.34. The van der Waals surface area contributed by atoms with Gasteiger partial charge in [-0.05, 0) is 81.2 Å². The second-order valence-electron chi connectivity index (χ2n) is 10.3. The summed E-state index contributed by atoms with van der Waals surface area (Å²) < 4.78 is 3.19. The van der Waals surface area contributed by atoms with Crippen molar-refractivity contribution in [3.63, 3.8) is 0 Å². The summed E-state index contributed by atoms with van der Waals surface area (Å²) in [4.78, 5) is 31.0. The molecule has 1 fully saturated rings. The van der Waals surface area contributed by atoms with Gasteiger partial charge in [0.1, 0.15) is 11.2 Å². The fourth-order valence-corrected chi connectivity index (χ4v) is 6.57. The third-order valence-electron chi connectivity index (χ3n) is 7.81. The van der Waals surface area contributed by atoms with Gasteiger partial charge in [-0.2, -0.15) is 0 Å². The number of nitrogens with one attached hydrogen (secondary N) is 1. The molecule has 34 heavy (non-hydrogen) atoms. The maximum absolute atomic E-state index is 14.0. The molecule has 180 valence electrons.